The molecule has 1 aliphatic rings. The third kappa shape index (κ3) is 3.79. The number of aliphatic hydroxyl groups is 3. The zero-order valence-corrected chi connectivity index (χ0v) is 15.8. The maximum absolute atomic E-state index is 10.9. The smallest absolute Gasteiger partial charge is 0.166 e. The molecule has 0 aliphatic carbocycles. The van der Waals surface area contributed by atoms with Crippen molar-refractivity contribution in [3.05, 3.63) is 47.7 Å². The number of aromatic nitrogens is 4. The maximum Gasteiger partial charge on any atom is 0.166 e. The summed E-state index contributed by atoms with van der Waals surface area (Å²) in [6.07, 6.45) is -1.46. The van der Waals surface area contributed by atoms with Crippen molar-refractivity contribution in [1.29, 1.82) is 0 Å². The van der Waals surface area contributed by atoms with Crippen LogP contribution in [0, 0.1) is 5.21 Å². The van der Waals surface area contributed by atoms with Gasteiger partial charge in [-0.15, -0.1) is 0 Å². The van der Waals surface area contributed by atoms with E-state index in [1.807, 2.05) is 0 Å². The lowest BCUT2D eigenvalue weighted by Crippen LogP contribution is -2.33. The molecule has 4 N–H and O–H groups in total. The van der Waals surface area contributed by atoms with Crippen LogP contribution in [0.25, 0.3) is 11.2 Å². The van der Waals surface area contributed by atoms with Gasteiger partial charge in [0.15, 0.2) is 11.9 Å². The summed E-state index contributed by atoms with van der Waals surface area (Å²) in [5, 5.41) is 49.6. The molecule has 0 spiro atoms. The van der Waals surface area contributed by atoms with Gasteiger partial charge in [-0.3, -0.25) is 9.77 Å². The van der Waals surface area contributed by atoms with Crippen LogP contribution >= 0.6 is 11.8 Å². The van der Waals surface area contributed by atoms with Gasteiger partial charge in [-0.05, 0) is 17.7 Å². The summed E-state index contributed by atoms with van der Waals surface area (Å²) in [5.74, 6) is 0.539. The fraction of sp³-hybridized carbons (Fsp3) is 0.353. The van der Waals surface area contributed by atoms with E-state index in [0.717, 1.165) is 5.56 Å². The molecular weight excluding hydrogens is 402 g/mol. The molecule has 0 unspecified atom stereocenters. The lowest BCUT2D eigenvalue weighted by molar-refractivity contribution is -0.0511. The minimum absolute atomic E-state index is 0.139. The van der Waals surface area contributed by atoms with Gasteiger partial charge < -0.3 is 30.5 Å². The Hall–Kier alpha value is -2.32. The average molecular weight is 420 g/mol. The van der Waals surface area contributed by atoms with Gasteiger partial charge in [0.05, 0.1) is 18.6 Å². The van der Waals surface area contributed by atoms with Crippen molar-refractivity contribution < 1.29 is 25.3 Å². The lowest BCUT2D eigenvalue weighted by atomic mass is 10.1. The van der Waals surface area contributed by atoms with Gasteiger partial charge in [0.25, 0.3) is 0 Å². The molecule has 3 heterocycles. The van der Waals surface area contributed by atoms with Crippen molar-refractivity contribution in [3.63, 3.8) is 0 Å². The number of fused-ring (bicyclic) bond motifs is 1. The first-order valence-electron chi connectivity index (χ1n) is 8.67. The molecule has 1 saturated heterocycles. The first-order valence-corrected chi connectivity index (χ1v) is 9.66. The van der Waals surface area contributed by atoms with Gasteiger partial charge in [-0.25, -0.2) is 15.0 Å². The topological polar surface area (TPSA) is 160 Å². The Balaban J connectivity index is 1.55. The molecule has 1 fully saturated rings. The number of nitrogens with zero attached hydrogens (tertiary/aromatic N) is 5. The summed E-state index contributed by atoms with van der Waals surface area (Å²) in [5.41, 5.74) is 1.98. The van der Waals surface area contributed by atoms with Crippen molar-refractivity contribution in [2.75, 3.05) is 11.8 Å². The van der Waals surface area contributed by atoms with Crippen molar-refractivity contribution in [2.45, 2.75) is 35.3 Å². The predicted octanol–water partition coefficient (Wildman–Crippen LogP) is 0.423. The molecule has 11 nitrogen and oxygen atoms in total. The molecule has 4 atom stereocenters. The Labute approximate surface area is 168 Å². The second-order valence-corrected chi connectivity index (χ2v) is 7.42. The lowest BCUT2D eigenvalue weighted by Gasteiger charge is -2.21. The quantitative estimate of drug-likeness (QED) is 0.249. The average Bonchev–Trinajstić information content (AvgIpc) is 3.28. The van der Waals surface area contributed by atoms with Crippen LogP contribution in [0.2, 0.25) is 0 Å². The molecule has 2 aromatic heterocycles. The Morgan fingerprint density at radius 2 is 1.90 bits per heavy atom. The Kier molecular flexibility index (Phi) is 5.65. The summed E-state index contributed by atoms with van der Waals surface area (Å²) in [4.78, 5) is 12.8. The zero-order valence-electron chi connectivity index (χ0n) is 14.9. The number of imidazole rings is 1. The fourth-order valence-electron chi connectivity index (χ4n) is 3.10. The highest BCUT2D eigenvalue weighted by molar-refractivity contribution is 7.98. The molecule has 1 aliphatic heterocycles. The Morgan fingerprint density at radius 1 is 1.14 bits per heavy atom. The normalized spacial score (nSPS) is 24.3. The largest absolute Gasteiger partial charge is 0.733 e. The van der Waals surface area contributed by atoms with E-state index in [1.165, 1.54) is 41.1 Å². The predicted molar refractivity (Wildman–Crippen MR) is 102 cm³/mol. The number of anilines is 1. The highest BCUT2D eigenvalue weighted by Gasteiger charge is 2.44. The first-order chi connectivity index (χ1) is 14.0. The third-order valence-electron chi connectivity index (χ3n) is 4.65. The Bertz CT molecular complexity index is 984. The van der Waals surface area contributed by atoms with Crippen LogP contribution in [-0.2, 0) is 10.5 Å². The molecule has 1 aromatic carbocycles. The molecule has 0 saturated carbocycles. The van der Waals surface area contributed by atoms with E-state index in [1.54, 1.807) is 12.1 Å². The minimum Gasteiger partial charge on any atom is -0.733 e. The molecule has 4 rings (SSSR count). The number of hydrogen-bond donors (Lipinski definition) is 4. The third-order valence-corrected chi connectivity index (χ3v) is 5.70. The molecular formula is C17H18N5O6S-. The maximum atomic E-state index is 10.9. The van der Waals surface area contributed by atoms with E-state index >= 15 is 0 Å². The number of benzene rings is 1. The zero-order chi connectivity index (χ0) is 20.5. The Morgan fingerprint density at radius 3 is 2.55 bits per heavy atom. The van der Waals surface area contributed by atoms with Gasteiger partial charge in [0, 0.05) is 5.75 Å². The number of rotatable bonds is 6. The summed E-state index contributed by atoms with van der Waals surface area (Å²) in [6, 6.07) is 6.46. The van der Waals surface area contributed by atoms with Crippen LogP contribution in [0.1, 0.15) is 11.8 Å². The van der Waals surface area contributed by atoms with Crippen molar-refractivity contribution in [3.8, 4) is 0 Å². The second kappa shape index (κ2) is 8.20. The van der Waals surface area contributed by atoms with Crippen LogP contribution in [0.5, 0.6) is 0 Å². The number of ether oxygens (including phenoxy) is 1. The van der Waals surface area contributed by atoms with Crippen molar-refractivity contribution in [2.24, 2.45) is 0 Å². The van der Waals surface area contributed by atoms with Crippen molar-refractivity contribution in [1.82, 2.24) is 19.5 Å². The molecule has 12 heteroatoms. The van der Waals surface area contributed by atoms with E-state index in [4.69, 9.17) is 9.94 Å². The van der Waals surface area contributed by atoms with Crippen molar-refractivity contribution >= 4 is 28.6 Å². The summed E-state index contributed by atoms with van der Waals surface area (Å²) in [7, 11) is 0. The molecule has 154 valence electrons. The van der Waals surface area contributed by atoms with Gasteiger partial charge in [-0.1, -0.05) is 23.9 Å². The molecule has 0 amide bonds. The fourth-order valence-corrected chi connectivity index (χ4v) is 4.00. The van der Waals surface area contributed by atoms with E-state index in [2.05, 4.69) is 15.0 Å². The van der Waals surface area contributed by atoms with Crippen LogP contribution < -0.4 is 5.23 Å². The standard InChI is InChI=1S/C17H18N5O6S/c23-5-11-13(24)14(25)17(28-11)21-8-20-12-15(21)18-7-19-16(12)29-6-9-1-3-10(4-2-9)22(26)27/h1-4,7-8,11,13-14,17,23-26H,5-6H2/q-1/t11-,13-,14-,17-/m0/s1. The highest BCUT2D eigenvalue weighted by Crippen LogP contribution is 2.33. The van der Waals surface area contributed by atoms with Crippen LogP contribution in [0.3, 0.4) is 0 Å². The minimum atomic E-state index is -1.23. The van der Waals surface area contributed by atoms with Gasteiger partial charge >= 0.3 is 0 Å². The molecule has 29 heavy (non-hydrogen) atoms. The summed E-state index contributed by atoms with van der Waals surface area (Å²) >= 11 is 1.41. The monoisotopic (exact) mass is 420 g/mol. The van der Waals surface area contributed by atoms with Crippen LogP contribution in [0.4, 0.5) is 5.69 Å². The summed E-state index contributed by atoms with van der Waals surface area (Å²) < 4.78 is 7.05. The van der Waals surface area contributed by atoms with Crippen LogP contribution in [-0.4, -0.2) is 65.0 Å². The number of thioether (sulfide) groups is 1. The number of hydrogen-bond acceptors (Lipinski definition) is 11. The van der Waals surface area contributed by atoms with E-state index < -0.39 is 31.1 Å². The van der Waals surface area contributed by atoms with Gasteiger partial charge in [0.2, 0.25) is 0 Å². The van der Waals surface area contributed by atoms with E-state index in [9.17, 15) is 20.5 Å². The van der Waals surface area contributed by atoms with Gasteiger partial charge in [0.1, 0.15) is 35.2 Å². The second-order valence-electron chi connectivity index (χ2n) is 6.46. The molecule has 3 aromatic rings. The van der Waals surface area contributed by atoms with E-state index in [-0.39, 0.29) is 10.9 Å². The van der Waals surface area contributed by atoms with Gasteiger partial charge in [-0.2, -0.15) is 0 Å². The molecule has 0 bridgehead atoms. The first kappa shape index (κ1) is 20.0. The van der Waals surface area contributed by atoms with E-state index in [0.29, 0.717) is 21.9 Å². The van der Waals surface area contributed by atoms with Crippen LogP contribution in [0.15, 0.2) is 41.9 Å². The highest BCUT2D eigenvalue weighted by atomic mass is 32.2. The molecule has 0 radical (unpaired) electrons. The SMILES string of the molecule is [O-]N(O)c1ccc(CSc2ncnc3c2ncn3[C@H]2O[C@@H](CO)[C@H](O)[C@@H]2O)cc1. The summed E-state index contributed by atoms with van der Waals surface area (Å²) in [6.45, 7) is -0.420. The number of aliphatic hydroxyl groups excluding tert-OH is 3.